The van der Waals surface area contributed by atoms with Gasteiger partial charge in [-0.1, -0.05) is 48.5 Å². The molecule has 3 nitrogen and oxygen atoms in total. The van der Waals surface area contributed by atoms with Crippen LogP contribution in [0.4, 0.5) is 0 Å². The van der Waals surface area contributed by atoms with E-state index in [9.17, 15) is 4.79 Å². The fourth-order valence-corrected chi connectivity index (χ4v) is 3.93. The maximum absolute atomic E-state index is 12.8. The van der Waals surface area contributed by atoms with Crippen molar-refractivity contribution in [2.75, 3.05) is 0 Å². The second-order valence-corrected chi connectivity index (χ2v) is 6.62. The summed E-state index contributed by atoms with van der Waals surface area (Å²) in [6.07, 6.45) is 4.68. The normalized spacial score (nSPS) is 23.1. The van der Waals surface area contributed by atoms with E-state index in [2.05, 4.69) is 28.8 Å². The molecule has 23 heavy (non-hydrogen) atoms. The predicted molar refractivity (Wildman–Crippen MR) is 94.2 cm³/mol. The van der Waals surface area contributed by atoms with Crippen LogP contribution >= 0.6 is 12.2 Å². The molecule has 1 unspecified atom stereocenters. The highest BCUT2D eigenvalue weighted by Crippen LogP contribution is 2.35. The maximum Gasteiger partial charge on any atom is 0.261 e. The Morgan fingerprint density at radius 1 is 0.913 bits per heavy atom. The number of rotatable bonds is 2. The lowest BCUT2D eigenvalue weighted by molar-refractivity contribution is -0.122. The largest absolute Gasteiger partial charge is 0.341 e. The van der Waals surface area contributed by atoms with Gasteiger partial charge in [0.15, 0.2) is 10.7 Å². The van der Waals surface area contributed by atoms with E-state index in [1.807, 2.05) is 30.3 Å². The third kappa shape index (κ3) is 2.25. The number of carbonyl (C=O) groups excluding carboxylic acids is 1. The first-order valence-electron chi connectivity index (χ1n) is 8.01. The zero-order valence-corrected chi connectivity index (χ0v) is 13.6. The number of aryl methyl sites for hydroxylation is 2. The summed E-state index contributed by atoms with van der Waals surface area (Å²) in [6.45, 7) is 0. The van der Waals surface area contributed by atoms with E-state index < -0.39 is 5.54 Å². The zero-order chi connectivity index (χ0) is 15.9. The van der Waals surface area contributed by atoms with Gasteiger partial charge in [0.2, 0.25) is 0 Å². The van der Waals surface area contributed by atoms with Crippen molar-refractivity contribution < 1.29 is 4.79 Å². The van der Waals surface area contributed by atoms with Crippen LogP contribution < -0.4 is 10.6 Å². The zero-order valence-electron chi connectivity index (χ0n) is 12.8. The molecule has 2 N–H and O–H groups in total. The quantitative estimate of drug-likeness (QED) is 0.836. The molecular formula is C19H18N2OS. The molecule has 0 aromatic heterocycles. The first kappa shape index (κ1) is 14.4. The second-order valence-electron chi connectivity index (χ2n) is 6.21. The summed E-state index contributed by atoms with van der Waals surface area (Å²) in [5.74, 6) is -0.107. The molecule has 0 spiro atoms. The topological polar surface area (TPSA) is 41.1 Å². The van der Waals surface area contributed by atoms with E-state index in [4.69, 9.17) is 12.2 Å². The Hall–Kier alpha value is -2.20. The van der Waals surface area contributed by atoms with Crippen LogP contribution in [0.5, 0.6) is 0 Å². The van der Waals surface area contributed by atoms with Crippen molar-refractivity contribution in [1.29, 1.82) is 0 Å². The lowest BCUT2D eigenvalue weighted by Crippen LogP contribution is -2.45. The molecular weight excluding hydrogens is 304 g/mol. The van der Waals surface area contributed by atoms with Gasteiger partial charge in [-0.25, -0.2) is 0 Å². The van der Waals surface area contributed by atoms with Crippen LogP contribution in [0.1, 0.15) is 35.1 Å². The number of hydrogen-bond acceptors (Lipinski definition) is 2. The van der Waals surface area contributed by atoms with Gasteiger partial charge in [-0.15, -0.1) is 0 Å². The first-order chi connectivity index (χ1) is 11.2. The second kappa shape index (κ2) is 5.46. The number of benzene rings is 2. The maximum atomic E-state index is 12.8. The van der Waals surface area contributed by atoms with Crippen LogP contribution in [0.3, 0.4) is 0 Å². The number of nitrogens with one attached hydrogen (secondary N) is 2. The lowest BCUT2D eigenvalue weighted by atomic mass is 9.80. The molecule has 0 saturated carbocycles. The molecule has 1 heterocycles. The highest BCUT2D eigenvalue weighted by molar-refractivity contribution is 7.80. The van der Waals surface area contributed by atoms with Gasteiger partial charge in [-0.3, -0.25) is 4.79 Å². The van der Waals surface area contributed by atoms with Gasteiger partial charge in [0.25, 0.3) is 5.91 Å². The van der Waals surface area contributed by atoms with Gasteiger partial charge in [0.05, 0.1) is 0 Å². The number of hydrogen-bond donors (Lipinski definition) is 2. The van der Waals surface area contributed by atoms with Crippen molar-refractivity contribution in [3.63, 3.8) is 0 Å². The monoisotopic (exact) mass is 322 g/mol. The average molecular weight is 322 g/mol. The van der Waals surface area contributed by atoms with Crippen LogP contribution in [-0.2, 0) is 23.2 Å². The lowest BCUT2D eigenvalue weighted by Gasteiger charge is -2.29. The summed E-state index contributed by atoms with van der Waals surface area (Å²) in [4.78, 5) is 12.8. The average Bonchev–Trinajstić information content (AvgIpc) is 2.90. The van der Waals surface area contributed by atoms with Crippen LogP contribution in [0.25, 0.3) is 0 Å². The fourth-order valence-electron chi connectivity index (χ4n) is 3.68. The standard InChI is InChI=1S/C19H18N2OS/c22-17-19(21-18(23)20-17,15-8-2-1-3-9-15)16-11-10-13-6-4-5-7-14(13)12-16/h1-3,8-12H,4-7H2,(H2,20,21,22,23). The Labute approximate surface area is 141 Å². The minimum atomic E-state index is -0.926. The molecule has 1 aliphatic carbocycles. The van der Waals surface area contributed by atoms with Gasteiger partial charge >= 0.3 is 0 Å². The Balaban J connectivity index is 1.90. The third-order valence-corrected chi connectivity index (χ3v) is 5.06. The van der Waals surface area contributed by atoms with E-state index in [1.54, 1.807) is 0 Å². The van der Waals surface area contributed by atoms with Crippen LogP contribution in [0, 0.1) is 0 Å². The third-order valence-electron chi connectivity index (χ3n) is 4.86. The van der Waals surface area contributed by atoms with Crippen molar-refractivity contribution in [1.82, 2.24) is 10.6 Å². The van der Waals surface area contributed by atoms with Gasteiger partial charge in [0.1, 0.15) is 0 Å². The molecule has 4 rings (SSSR count). The van der Waals surface area contributed by atoms with E-state index in [0.717, 1.165) is 24.0 Å². The molecule has 1 aliphatic heterocycles. The van der Waals surface area contributed by atoms with Crippen molar-refractivity contribution in [2.24, 2.45) is 0 Å². The molecule has 0 bridgehead atoms. The Morgan fingerprint density at radius 3 is 2.35 bits per heavy atom. The summed E-state index contributed by atoms with van der Waals surface area (Å²) in [5.41, 5.74) is 3.71. The minimum absolute atomic E-state index is 0.107. The first-order valence-corrected chi connectivity index (χ1v) is 8.42. The number of fused-ring (bicyclic) bond motifs is 1. The molecule has 1 atom stereocenters. The molecule has 1 amide bonds. The van der Waals surface area contributed by atoms with Crippen LogP contribution in [0.2, 0.25) is 0 Å². The summed E-state index contributed by atoms with van der Waals surface area (Å²) in [7, 11) is 0. The summed E-state index contributed by atoms with van der Waals surface area (Å²) in [5, 5.41) is 6.38. The van der Waals surface area contributed by atoms with Gasteiger partial charge in [-0.2, -0.15) is 0 Å². The van der Waals surface area contributed by atoms with E-state index >= 15 is 0 Å². The van der Waals surface area contributed by atoms with E-state index in [0.29, 0.717) is 5.11 Å². The SMILES string of the molecule is O=C1NC(=S)NC1(c1ccccc1)c1ccc2c(c1)CCCC2. The van der Waals surface area contributed by atoms with E-state index in [-0.39, 0.29) is 5.91 Å². The molecule has 2 aromatic carbocycles. The van der Waals surface area contributed by atoms with Crippen molar-refractivity contribution in [3.05, 3.63) is 70.8 Å². The molecule has 2 aromatic rings. The predicted octanol–water partition coefficient (Wildman–Crippen LogP) is 2.81. The molecule has 4 heteroatoms. The van der Waals surface area contributed by atoms with Gasteiger partial charge < -0.3 is 10.6 Å². The Morgan fingerprint density at radius 2 is 1.65 bits per heavy atom. The van der Waals surface area contributed by atoms with Crippen molar-refractivity contribution >= 4 is 23.2 Å². The van der Waals surface area contributed by atoms with Crippen LogP contribution in [-0.4, -0.2) is 11.0 Å². The minimum Gasteiger partial charge on any atom is -0.341 e. The molecule has 0 radical (unpaired) electrons. The summed E-state index contributed by atoms with van der Waals surface area (Å²) >= 11 is 5.22. The van der Waals surface area contributed by atoms with Crippen LogP contribution in [0.15, 0.2) is 48.5 Å². The fraction of sp³-hybridized carbons (Fsp3) is 0.263. The van der Waals surface area contributed by atoms with Gasteiger partial charge in [0, 0.05) is 0 Å². The molecule has 1 saturated heterocycles. The van der Waals surface area contributed by atoms with Crippen molar-refractivity contribution in [3.8, 4) is 0 Å². The highest BCUT2D eigenvalue weighted by Gasteiger charge is 2.47. The highest BCUT2D eigenvalue weighted by atomic mass is 32.1. The summed E-state index contributed by atoms with van der Waals surface area (Å²) < 4.78 is 0. The summed E-state index contributed by atoms with van der Waals surface area (Å²) in [6, 6.07) is 16.2. The number of thiocarbonyl (C=S) groups is 1. The molecule has 116 valence electrons. The van der Waals surface area contributed by atoms with E-state index in [1.165, 1.54) is 24.0 Å². The Kier molecular flexibility index (Phi) is 3.42. The smallest absolute Gasteiger partial charge is 0.261 e. The molecule has 2 aliphatic rings. The van der Waals surface area contributed by atoms with Gasteiger partial charge in [-0.05, 0) is 60.2 Å². The molecule has 1 fully saturated rings. The Bertz CT molecular complexity index is 787. The number of carbonyl (C=O) groups is 1. The number of amides is 1. The van der Waals surface area contributed by atoms with Crippen molar-refractivity contribution in [2.45, 2.75) is 31.2 Å².